The van der Waals surface area contributed by atoms with Crippen molar-refractivity contribution in [1.82, 2.24) is 10.2 Å². The zero-order chi connectivity index (χ0) is 10.2. The number of ether oxygens (including phenoxy) is 1. The van der Waals surface area contributed by atoms with Crippen molar-refractivity contribution in [3.05, 3.63) is 0 Å². The molecule has 1 saturated heterocycles. The maximum absolute atomic E-state index is 5.04. The topological polar surface area (TPSA) is 24.5 Å². The first-order valence-corrected chi connectivity index (χ1v) is 5.77. The zero-order valence-electron chi connectivity index (χ0n) is 9.59. The van der Waals surface area contributed by atoms with Crippen LogP contribution >= 0.6 is 0 Å². The Morgan fingerprint density at radius 3 is 3.00 bits per heavy atom. The summed E-state index contributed by atoms with van der Waals surface area (Å²) in [5.41, 5.74) is 0. The first kappa shape index (κ1) is 12.0. The van der Waals surface area contributed by atoms with Gasteiger partial charge < -0.3 is 15.0 Å². The lowest BCUT2D eigenvalue weighted by molar-refractivity contribution is 0.185. The van der Waals surface area contributed by atoms with Gasteiger partial charge in [-0.1, -0.05) is 0 Å². The number of nitrogens with one attached hydrogen (secondary N) is 1. The van der Waals surface area contributed by atoms with E-state index in [-0.39, 0.29) is 0 Å². The third-order valence-corrected chi connectivity index (χ3v) is 2.87. The van der Waals surface area contributed by atoms with Gasteiger partial charge in [0.2, 0.25) is 0 Å². The van der Waals surface area contributed by atoms with Crippen molar-refractivity contribution in [2.45, 2.75) is 32.2 Å². The molecule has 0 aromatic heterocycles. The molecule has 1 heterocycles. The molecule has 0 bridgehead atoms. The third kappa shape index (κ3) is 4.94. The highest BCUT2D eigenvalue weighted by atomic mass is 16.5. The largest absolute Gasteiger partial charge is 0.385 e. The van der Waals surface area contributed by atoms with Gasteiger partial charge in [0.05, 0.1) is 0 Å². The molecule has 0 aromatic rings. The smallest absolute Gasteiger partial charge is 0.0462 e. The summed E-state index contributed by atoms with van der Waals surface area (Å²) in [5, 5.41) is 3.51. The Labute approximate surface area is 87.8 Å². The molecule has 1 fully saturated rings. The summed E-state index contributed by atoms with van der Waals surface area (Å²) in [6, 6.07) is 0.693. The van der Waals surface area contributed by atoms with E-state index < -0.39 is 0 Å². The van der Waals surface area contributed by atoms with E-state index in [9.17, 15) is 0 Å². The van der Waals surface area contributed by atoms with Crippen LogP contribution in [-0.4, -0.2) is 50.8 Å². The second kappa shape index (κ2) is 7.21. The second-order valence-corrected chi connectivity index (χ2v) is 4.19. The van der Waals surface area contributed by atoms with Crippen LogP contribution < -0.4 is 5.32 Å². The van der Waals surface area contributed by atoms with Crippen LogP contribution in [0.5, 0.6) is 0 Å². The molecule has 0 spiro atoms. The summed E-state index contributed by atoms with van der Waals surface area (Å²) in [6.45, 7) is 8.01. The van der Waals surface area contributed by atoms with Crippen molar-refractivity contribution >= 4 is 0 Å². The number of nitrogens with zero attached hydrogens (tertiary/aromatic N) is 1. The van der Waals surface area contributed by atoms with Crippen LogP contribution in [-0.2, 0) is 4.74 Å². The van der Waals surface area contributed by atoms with Crippen molar-refractivity contribution < 1.29 is 4.74 Å². The minimum absolute atomic E-state index is 0.693. The van der Waals surface area contributed by atoms with Gasteiger partial charge in [-0.05, 0) is 39.3 Å². The van der Waals surface area contributed by atoms with Gasteiger partial charge in [0.25, 0.3) is 0 Å². The van der Waals surface area contributed by atoms with Gasteiger partial charge in [0, 0.05) is 32.8 Å². The monoisotopic (exact) mass is 200 g/mol. The van der Waals surface area contributed by atoms with Gasteiger partial charge in [0.15, 0.2) is 0 Å². The van der Waals surface area contributed by atoms with Crippen molar-refractivity contribution in [2.75, 3.05) is 39.9 Å². The Morgan fingerprint density at radius 2 is 2.21 bits per heavy atom. The van der Waals surface area contributed by atoms with Crippen molar-refractivity contribution in [1.29, 1.82) is 0 Å². The van der Waals surface area contributed by atoms with Gasteiger partial charge in [0.1, 0.15) is 0 Å². The number of unbranched alkanes of at least 4 members (excludes halogenated alkanes) is 1. The summed E-state index contributed by atoms with van der Waals surface area (Å²) in [6.07, 6.45) is 3.74. The summed E-state index contributed by atoms with van der Waals surface area (Å²) >= 11 is 0. The quantitative estimate of drug-likeness (QED) is 0.673. The van der Waals surface area contributed by atoms with Crippen molar-refractivity contribution in [3.8, 4) is 0 Å². The average molecular weight is 200 g/mol. The second-order valence-electron chi connectivity index (χ2n) is 4.19. The Morgan fingerprint density at radius 1 is 1.36 bits per heavy atom. The summed E-state index contributed by atoms with van der Waals surface area (Å²) in [7, 11) is 1.78. The molecule has 0 saturated carbocycles. The van der Waals surface area contributed by atoms with Crippen LogP contribution in [0.15, 0.2) is 0 Å². The fraction of sp³-hybridized carbons (Fsp3) is 1.00. The highest BCUT2D eigenvalue weighted by Gasteiger charge is 2.11. The maximum atomic E-state index is 5.04. The molecule has 1 atom stereocenters. The van der Waals surface area contributed by atoms with E-state index in [0.29, 0.717) is 6.04 Å². The highest BCUT2D eigenvalue weighted by Crippen LogP contribution is 2.02. The molecule has 1 rings (SSSR count). The number of hydrogen-bond donors (Lipinski definition) is 1. The number of hydrogen-bond acceptors (Lipinski definition) is 3. The van der Waals surface area contributed by atoms with E-state index >= 15 is 0 Å². The SMILES string of the molecule is COCCCCN1CCNC(C)CC1. The number of rotatable bonds is 5. The summed E-state index contributed by atoms with van der Waals surface area (Å²) < 4.78 is 5.04. The molecule has 0 amide bonds. The molecule has 1 unspecified atom stereocenters. The molecule has 14 heavy (non-hydrogen) atoms. The van der Waals surface area contributed by atoms with Crippen molar-refractivity contribution in [3.63, 3.8) is 0 Å². The molecule has 0 aliphatic carbocycles. The van der Waals surface area contributed by atoms with Crippen LogP contribution in [0.1, 0.15) is 26.2 Å². The van der Waals surface area contributed by atoms with Crippen LogP contribution in [0.2, 0.25) is 0 Å². The minimum atomic E-state index is 0.693. The molecule has 1 aliphatic heterocycles. The van der Waals surface area contributed by atoms with Gasteiger partial charge in [-0.25, -0.2) is 0 Å². The molecule has 0 radical (unpaired) electrons. The highest BCUT2D eigenvalue weighted by molar-refractivity contribution is 4.71. The number of methoxy groups -OCH3 is 1. The molecule has 1 aliphatic rings. The van der Waals surface area contributed by atoms with E-state index in [4.69, 9.17) is 4.74 Å². The van der Waals surface area contributed by atoms with Crippen LogP contribution in [0.3, 0.4) is 0 Å². The molecule has 84 valence electrons. The molecule has 0 aromatic carbocycles. The molecule has 3 heteroatoms. The Bertz CT molecular complexity index is 141. The van der Waals surface area contributed by atoms with Gasteiger partial charge in [-0.15, -0.1) is 0 Å². The first-order chi connectivity index (χ1) is 6.83. The van der Waals surface area contributed by atoms with Gasteiger partial charge >= 0.3 is 0 Å². The van der Waals surface area contributed by atoms with Gasteiger partial charge in [-0.3, -0.25) is 0 Å². The predicted molar refractivity (Wildman–Crippen MR) is 59.6 cm³/mol. The van der Waals surface area contributed by atoms with E-state index in [1.165, 1.54) is 38.9 Å². The molecular weight excluding hydrogens is 176 g/mol. The standard InChI is InChI=1S/C11H24N2O/c1-11-5-8-13(9-6-12-11)7-3-4-10-14-2/h11-12H,3-10H2,1-2H3. The Kier molecular flexibility index (Phi) is 6.15. The van der Waals surface area contributed by atoms with Gasteiger partial charge in [-0.2, -0.15) is 0 Å². The summed E-state index contributed by atoms with van der Waals surface area (Å²) in [5.74, 6) is 0. The average Bonchev–Trinajstić information content (AvgIpc) is 2.38. The third-order valence-electron chi connectivity index (χ3n) is 2.87. The lowest BCUT2D eigenvalue weighted by atomic mass is 10.2. The van der Waals surface area contributed by atoms with Crippen LogP contribution in [0, 0.1) is 0 Å². The normalized spacial score (nSPS) is 24.9. The van der Waals surface area contributed by atoms with E-state index in [1.54, 1.807) is 7.11 Å². The van der Waals surface area contributed by atoms with Crippen molar-refractivity contribution in [2.24, 2.45) is 0 Å². The Hall–Kier alpha value is -0.120. The zero-order valence-corrected chi connectivity index (χ0v) is 9.59. The predicted octanol–water partition coefficient (Wildman–Crippen LogP) is 1.10. The lowest BCUT2D eigenvalue weighted by Crippen LogP contribution is -2.29. The minimum Gasteiger partial charge on any atom is -0.385 e. The summed E-state index contributed by atoms with van der Waals surface area (Å²) in [4.78, 5) is 2.56. The Balaban J connectivity index is 2.05. The molecule has 1 N–H and O–H groups in total. The first-order valence-electron chi connectivity index (χ1n) is 5.77. The van der Waals surface area contributed by atoms with E-state index in [1.807, 2.05) is 0 Å². The van der Waals surface area contributed by atoms with E-state index in [2.05, 4.69) is 17.1 Å². The van der Waals surface area contributed by atoms with Crippen LogP contribution in [0.25, 0.3) is 0 Å². The lowest BCUT2D eigenvalue weighted by Gasteiger charge is -2.18. The molecule has 3 nitrogen and oxygen atoms in total. The fourth-order valence-electron chi connectivity index (χ4n) is 1.86. The molecular formula is C11H24N2O. The fourth-order valence-corrected chi connectivity index (χ4v) is 1.86. The van der Waals surface area contributed by atoms with E-state index in [0.717, 1.165) is 13.2 Å². The maximum Gasteiger partial charge on any atom is 0.0462 e. The van der Waals surface area contributed by atoms with Crippen LogP contribution in [0.4, 0.5) is 0 Å².